The van der Waals surface area contributed by atoms with Crippen molar-refractivity contribution in [2.45, 2.75) is 24.9 Å². The maximum Gasteiger partial charge on any atom is 0.423 e. The number of nitrogens with zero attached hydrogens (tertiary/aromatic N) is 4. The van der Waals surface area contributed by atoms with E-state index in [1.165, 1.54) is 17.6 Å². The zero-order chi connectivity index (χ0) is 22.5. The number of benzene rings is 1. The summed E-state index contributed by atoms with van der Waals surface area (Å²) in [5, 5.41) is 2.75. The predicted molar refractivity (Wildman–Crippen MR) is 119 cm³/mol. The fourth-order valence-electron chi connectivity index (χ4n) is 4.67. The van der Waals surface area contributed by atoms with E-state index in [1.54, 1.807) is 23.4 Å². The van der Waals surface area contributed by atoms with Gasteiger partial charge in [0, 0.05) is 29.7 Å². The third-order valence-electron chi connectivity index (χ3n) is 6.03. The molecule has 2 saturated heterocycles. The molecule has 33 heavy (non-hydrogen) atoms. The fraction of sp³-hybridized carbons (Fsp3) is 0.273. The molecule has 3 aromatic heterocycles. The third-order valence-corrected chi connectivity index (χ3v) is 6.92. The van der Waals surface area contributed by atoms with Crippen LogP contribution in [0.25, 0.3) is 21.3 Å². The molecule has 0 aliphatic carbocycles. The summed E-state index contributed by atoms with van der Waals surface area (Å²) in [6.07, 6.45) is 4.04. The van der Waals surface area contributed by atoms with E-state index in [0.29, 0.717) is 46.2 Å². The number of thiazole rings is 1. The smallest absolute Gasteiger partial charge is 0.423 e. The number of hydroxylamine groups is 2. The molecule has 2 amide bonds. The Bertz CT molecular complexity index is 1340. The van der Waals surface area contributed by atoms with Crippen LogP contribution in [0, 0.1) is 0 Å². The Labute approximate surface area is 191 Å². The summed E-state index contributed by atoms with van der Waals surface area (Å²) in [5.41, 5.74) is 6.83. The van der Waals surface area contributed by atoms with Crippen molar-refractivity contribution in [2.75, 3.05) is 13.1 Å². The van der Waals surface area contributed by atoms with Crippen molar-refractivity contribution >= 4 is 44.7 Å². The van der Waals surface area contributed by atoms with Crippen molar-refractivity contribution in [3.05, 3.63) is 48.4 Å². The first-order valence-corrected chi connectivity index (χ1v) is 11.3. The van der Waals surface area contributed by atoms with Gasteiger partial charge in [-0.1, -0.05) is 11.3 Å². The summed E-state index contributed by atoms with van der Waals surface area (Å²) in [6.45, 7) is 0.881. The van der Waals surface area contributed by atoms with Crippen LogP contribution >= 0.6 is 11.3 Å². The summed E-state index contributed by atoms with van der Waals surface area (Å²) < 4.78 is 12.5. The fourth-order valence-corrected chi connectivity index (χ4v) is 5.46. The first-order chi connectivity index (χ1) is 16.0. The lowest BCUT2D eigenvalue weighted by Gasteiger charge is -2.39. The van der Waals surface area contributed by atoms with Crippen LogP contribution in [-0.4, -0.2) is 57.1 Å². The molecule has 1 aromatic carbocycles. The van der Waals surface area contributed by atoms with Crippen LogP contribution in [0.2, 0.25) is 0 Å². The number of rotatable bonds is 4. The second-order valence-electron chi connectivity index (χ2n) is 8.07. The average Bonchev–Trinajstić information content (AvgIpc) is 3.46. The highest BCUT2D eigenvalue weighted by molar-refractivity contribution is 7.20. The largest absolute Gasteiger partial charge is 0.463 e. The number of aromatic nitrogens is 2. The molecule has 0 spiro atoms. The lowest BCUT2D eigenvalue weighted by Crippen LogP contribution is -2.56. The Hall–Kier alpha value is -3.70. The monoisotopic (exact) mass is 465 g/mol. The van der Waals surface area contributed by atoms with E-state index in [1.807, 2.05) is 23.1 Å². The van der Waals surface area contributed by atoms with E-state index in [2.05, 4.69) is 9.97 Å². The van der Waals surface area contributed by atoms with Crippen molar-refractivity contribution < 1.29 is 23.6 Å². The number of nitrogens with two attached hydrogens (primary N) is 1. The predicted octanol–water partition coefficient (Wildman–Crippen LogP) is 3.53. The minimum atomic E-state index is -0.838. The molecule has 11 heteroatoms. The number of hydrogen-bond donors (Lipinski definition) is 1. The van der Waals surface area contributed by atoms with E-state index in [-0.39, 0.29) is 18.0 Å². The molecular weight excluding hydrogens is 446 g/mol. The topological polar surface area (TPSA) is 124 Å². The van der Waals surface area contributed by atoms with E-state index in [4.69, 9.17) is 19.7 Å². The number of hydrogen-bond acceptors (Lipinski definition) is 9. The molecule has 10 nitrogen and oxygen atoms in total. The SMILES string of the molecule is NC(=O)ON1C[C@H]2CC[C@@H](C1)N2C(=O)c1coc2cc(Oc3nc4ncccc4s3)ccc12. The Morgan fingerprint density at radius 2 is 2.00 bits per heavy atom. The number of piperazine rings is 1. The van der Waals surface area contributed by atoms with E-state index in [9.17, 15) is 9.59 Å². The van der Waals surface area contributed by atoms with Gasteiger partial charge in [0.2, 0.25) is 0 Å². The maximum atomic E-state index is 13.4. The number of fused-ring (bicyclic) bond motifs is 4. The number of pyridine rings is 1. The molecule has 2 bridgehead atoms. The Morgan fingerprint density at radius 1 is 1.18 bits per heavy atom. The highest BCUT2D eigenvalue weighted by Gasteiger charge is 2.44. The van der Waals surface area contributed by atoms with Crippen molar-refractivity contribution in [3.8, 4) is 10.9 Å². The molecule has 0 unspecified atom stereocenters. The molecule has 0 saturated carbocycles. The molecule has 0 radical (unpaired) electrons. The van der Waals surface area contributed by atoms with E-state index < -0.39 is 6.09 Å². The number of carbonyl (C=O) groups is 2. The summed E-state index contributed by atoms with van der Waals surface area (Å²) in [6, 6.07) is 9.07. The first kappa shape index (κ1) is 19.9. The van der Waals surface area contributed by atoms with Gasteiger partial charge < -0.3 is 24.6 Å². The molecule has 2 aliphatic heterocycles. The van der Waals surface area contributed by atoms with Gasteiger partial charge in [-0.3, -0.25) is 4.79 Å². The number of primary amides is 1. The normalized spacial score (nSPS) is 20.4. The van der Waals surface area contributed by atoms with Crippen LogP contribution in [0.1, 0.15) is 23.2 Å². The molecule has 2 aliphatic rings. The van der Waals surface area contributed by atoms with Crippen molar-refractivity contribution in [2.24, 2.45) is 5.73 Å². The van der Waals surface area contributed by atoms with Crippen molar-refractivity contribution in [1.29, 1.82) is 0 Å². The highest BCUT2D eigenvalue weighted by atomic mass is 32.1. The molecule has 2 atom stereocenters. The van der Waals surface area contributed by atoms with Gasteiger partial charge in [0.05, 0.1) is 23.4 Å². The van der Waals surface area contributed by atoms with Crippen LogP contribution in [0.15, 0.2) is 47.2 Å². The van der Waals surface area contributed by atoms with Crippen LogP contribution in [-0.2, 0) is 4.84 Å². The molecule has 2 fully saturated rings. The molecule has 2 N–H and O–H groups in total. The number of amides is 2. The van der Waals surface area contributed by atoms with Crippen LogP contribution in [0.5, 0.6) is 10.9 Å². The standard InChI is InChI=1S/C22H19N5O5S/c23-21(29)32-26-9-12-3-4-13(10-26)27(12)20(28)16-11-30-17-8-14(5-6-15(16)17)31-22-25-19-18(33-22)2-1-7-24-19/h1-2,5-8,11-13H,3-4,9-10H2,(H2,23,29)/t12-,13+. The minimum absolute atomic E-state index is 0.0456. The summed E-state index contributed by atoms with van der Waals surface area (Å²) >= 11 is 1.41. The highest BCUT2D eigenvalue weighted by Crippen LogP contribution is 2.36. The molecular formula is C22H19N5O5S. The number of furan rings is 1. The maximum absolute atomic E-state index is 13.4. The van der Waals surface area contributed by atoms with Crippen LogP contribution in [0.4, 0.5) is 4.79 Å². The lowest BCUT2D eigenvalue weighted by atomic mass is 10.1. The van der Waals surface area contributed by atoms with Gasteiger partial charge in [-0.25, -0.2) is 9.78 Å². The van der Waals surface area contributed by atoms with Crippen molar-refractivity contribution in [3.63, 3.8) is 0 Å². The van der Waals surface area contributed by atoms with Gasteiger partial charge in [-0.2, -0.15) is 4.98 Å². The summed E-state index contributed by atoms with van der Waals surface area (Å²) in [5.74, 6) is 0.470. The van der Waals surface area contributed by atoms with Crippen molar-refractivity contribution in [1.82, 2.24) is 19.9 Å². The van der Waals surface area contributed by atoms with Gasteiger partial charge in [0.15, 0.2) is 5.65 Å². The molecule has 168 valence electrons. The third kappa shape index (κ3) is 3.55. The Balaban J connectivity index is 1.23. The first-order valence-electron chi connectivity index (χ1n) is 10.5. The zero-order valence-electron chi connectivity index (χ0n) is 17.3. The van der Waals surface area contributed by atoms with Gasteiger partial charge in [0.25, 0.3) is 11.1 Å². The van der Waals surface area contributed by atoms with E-state index in [0.717, 1.165) is 17.5 Å². The average molecular weight is 465 g/mol. The Morgan fingerprint density at radius 3 is 2.76 bits per heavy atom. The number of carbonyl (C=O) groups excluding carboxylic acids is 2. The van der Waals surface area contributed by atoms with Gasteiger partial charge in [-0.05, 0) is 37.1 Å². The van der Waals surface area contributed by atoms with Gasteiger partial charge in [-0.15, -0.1) is 5.06 Å². The molecule has 6 rings (SSSR count). The van der Waals surface area contributed by atoms with Crippen LogP contribution in [0.3, 0.4) is 0 Å². The zero-order valence-corrected chi connectivity index (χ0v) is 18.2. The van der Waals surface area contributed by atoms with Gasteiger partial charge in [0.1, 0.15) is 17.6 Å². The summed E-state index contributed by atoms with van der Waals surface area (Å²) in [7, 11) is 0. The minimum Gasteiger partial charge on any atom is -0.463 e. The second kappa shape index (κ2) is 7.71. The quantitative estimate of drug-likeness (QED) is 0.485. The van der Waals surface area contributed by atoms with Gasteiger partial charge >= 0.3 is 6.09 Å². The lowest BCUT2D eigenvalue weighted by molar-refractivity contribution is -0.131. The van der Waals surface area contributed by atoms with E-state index >= 15 is 0 Å². The summed E-state index contributed by atoms with van der Waals surface area (Å²) in [4.78, 5) is 40.0. The number of ether oxygens (including phenoxy) is 1. The Kier molecular flexibility index (Phi) is 4.66. The van der Waals surface area contributed by atoms with Crippen LogP contribution < -0.4 is 10.5 Å². The molecule has 5 heterocycles. The molecule has 4 aromatic rings. The second-order valence-corrected chi connectivity index (χ2v) is 9.06.